The van der Waals surface area contributed by atoms with Crippen molar-refractivity contribution in [1.82, 2.24) is 20.2 Å². The number of aliphatic hydroxyl groups is 1. The highest BCUT2D eigenvalue weighted by Gasteiger charge is 2.63. The molecule has 0 spiro atoms. The number of hydrogen-bond donors (Lipinski definition) is 2. The van der Waals surface area contributed by atoms with Crippen molar-refractivity contribution >= 4 is 11.7 Å². The molecule has 2 N–H and O–H groups in total. The first-order valence-corrected chi connectivity index (χ1v) is 14.1. The van der Waals surface area contributed by atoms with E-state index in [2.05, 4.69) is 15.3 Å². The van der Waals surface area contributed by atoms with E-state index in [-0.39, 0.29) is 36.0 Å². The van der Waals surface area contributed by atoms with E-state index in [1.807, 2.05) is 16.7 Å². The molecule has 2 saturated heterocycles. The molecule has 4 fully saturated rings. The first kappa shape index (κ1) is 28.5. The number of nitrogens with zero attached hydrogens (tertiary/aromatic N) is 4. The van der Waals surface area contributed by atoms with Crippen LogP contribution in [0.5, 0.6) is 0 Å². The number of halogens is 3. The fourth-order valence-electron chi connectivity index (χ4n) is 6.93. The van der Waals surface area contributed by atoms with Crippen molar-refractivity contribution in [3.8, 4) is 0 Å². The van der Waals surface area contributed by atoms with Crippen LogP contribution in [0.25, 0.3) is 0 Å². The number of alkyl halides is 3. The second-order valence-corrected chi connectivity index (χ2v) is 11.7. The summed E-state index contributed by atoms with van der Waals surface area (Å²) in [6, 6.07) is -0.0767. The van der Waals surface area contributed by atoms with Crippen LogP contribution in [0.3, 0.4) is 0 Å². The van der Waals surface area contributed by atoms with E-state index in [0.29, 0.717) is 58.4 Å². The van der Waals surface area contributed by atoms with Gasteiger partial charge in [-0.15, -0.1) is 0 Å². The molecule has 218 valence electrons. The van der Waals surface area contributed by atoms with Crippen molar-refractivity contribution in [1.29, 1.82) is 0 Å². The van der Waals surface area contributed by atoms with Gasteiger partial charge in [0.05, 0.1) is 48.2 Å². The van der Waals surface area contributed by atoms with Crippen LogP contribution in [0.1, 0.15) is 64.0 Å². The number of ether oxygens (including phenoxy) is 2. The third-order valence-electron chi connectivity index (χ3n) is 9.36. The number of carbonyl (C=O) groups is 1. The van der Waals surface area contributed by atoms with Crippen LogP contribution >= 0.6 is 0 Å². The van der Waals surface area contributed by atoms with Gasteiger partial charge >= 0.3 is 6.18 Å². The molecule has 0 aromatic carbocycles. The van der Waals surface area contributed by atoms with Gasteiger partial charge in [0.1, 0.15) is 5.82 Å². The number of hydrogen-bond acceptors (Lipinski definition) is 8. The highest BCUT2D eigenvalue weighted by molar-refractivity contribution is 5.86. The third kappa shape index (κ3) is 5.49. The van der Waals surface area contributed by atoms with Gasteiger partial charge < -0.3 is 29.7 Å². The first-order valence-electron chi connectivity index (χ1n) is 14.1. The zero-order valence-corrected chi connectivity index (χ0v) is 22.8. The van der Waals surface area contributed by atoms with Crippen LogP contribution in [0.15, 0.2) is 12.4 Å². The lowest BCUT2D eigenvalue weighted by molar-refractivity contribution is -0.178. The van der Waals surface area contributed by atoms with Gasteiger partial charge in [-0.1, -0.05) is 0 Å². The second-order valence-electron chi connectivity index (χ2n) is 11.7. The molecule has 5 atom stereocenters. The normalized spacial score (nSPS) is 30.6. The van der Waals surface area contributed by atoms with E-state index >= 15 is 0 Å². The summed E-state index contributed by atoms with van der Waals surface area (Å²) in [5, 5.41) is 15.2. The summed E-state index contributed by atoms with van der Waals surface area (Å²) < 4.78 is 50.3. The number of aromatic nitrogens is 2. The molecule has 12 heteroatoms. The van der Waals surface area contributed by atoms with E-state index < -0.39 is 22.9 Å². The molecule has 5 rings (SSSR count). The maximum atomic E-state index is 14.2. The van der Waals surface area contributed by atoms with Gasteiger partial charge in [-0.25, -0.2) is 4.98 Å². The molecule has 9 nitrogen and oxygen atoms in total. The minimum Gasteiger partial charge on any atom is -0.389 e. The van der Waals surface area contributed by atoms with Crippen molar-refractivity contribution in [2.24, 2.45) is 5.41 Å². The molecule has 0 unspecified atom stereocenters. The predicted molar refractivity (Wildman–Crippen MR) is 137 cm³/mol. The Bertz CT molecular complexity index is 1030. The quantitative estimate of drug-likeness (QED) is 0.402. The number of piperazine rings is 1. The van der Waals surface area contributed by atoms with Gasteiger partial charge in [-0.3, -0.25) is 9.78 Å². The van der Waals surface area contributed by atoms with Crippen molar-refractivity contribution < 1.29 is 32.5 Å². The van der Waals surface area contributed by atoms with E-state index in [9.17, 15) is 23.1 Å². The summed E-state index contributed by atoms with van der Waals surface area (Å²) in [4.78, 5) is 25.5. The van der Waals surface area contributed by atoms with Gasteiger partial charge in [-0.05, 0) is 64.8 Å². The molecule has 39 heavy (non-hydrogen) atoms. The summed E-state index contributed by atoms with van der Waals surface area (Å²) in [5.74, 6) is 0.204. The van der Waals surface area contributed by atoms with Gasteiger partial charge in [0, 0.05) is 32.8 Å². The van der Waals surface area contributed by atoms with Gasteiger partial charge in [-0.2, -0.15) is 13.2 Å². The Labute approximate surface area is 227 Å². The monoisotopic (exact) mass is 555 g/mol. The highest BCUT2D eigenvalue weighted by atomic mass is 19.4. The smallest absolute Gasteiger partial charge is 0.389 e. The van der Waals surface area contributed by atoms with Crippen molar-refractivity contribution in [3.63, 3.8) is 0 Å². The molecule has 1 aromatic heterocycles. The zero-order chi connectivity index (χ0) is 27.8. The first-order chi connectivity index (χ1) is 18.6. The lowest BCUT2D eigenvalue weighted by Gasteiger charge is -2.52. The van der Waals surface area contributed by atoms with Crippen LogP contribution < -0.4 is 10.2 Å². The summed E-state index contributed by atoms with van der Waals surface area (Å²) in [6.45, 7) is 4.77. The maximum absolute atomic E-state index is 14.2. The molecule has 4 aliphatic rings. The summed E-state index contributed by atoms with van der Waals surface area (Å²) in [7, 11) is 1.66. The van der Waals surface area contributed by atoms with E-state index in [1.165, 1.54) is 6.20 Å². The van der Waals surface area contributed by atoms with Gasteiger partial charge in [0.25, 0.3) is 0 Å². The Hall–Kier alpha value is -2.02. The lowest BCUT2D eigenvalue weighted by Crippen LogP contribution is -2.62. The number of nitrogens with one attached hydrogen (secondary N) is 1. The number of carbonyl (C=O) groups excluding carboxylic acids is 1. The summed E-state index contributed by atoms with van der Waals surface area (Å²) in [6.07, 6.45) is 3.36. The Morgan fingerprint density at radius 1 is 1.26 bits per heavy atom. The summed E-state index contributed by atoms with van der Waals surface area (Å²) in [5.41, 5.74) is -2.82. The number of anilines is 1. The molecular formula is C27H40F3N5O4. The molecule has 1 amide bonds. The SMILES string of the molecule is CO[C@@H](C)COCCCN[C@@H]1CC[C@@](C(=O)N2C[C@H]3C[C@H]2CN3c2cncc(C(F)(F)F)n2)(C2(O)CCC2)C1. The number of likely N-dealkylation sites (tertiary alicyclic amines) is 1. The minimum absolute atomic E-state index is 0.00756. The largest absolute Gasteiger partial charge is 0.434 e. The van der Waals surface area contributed by atoms with Crippen molar-refractivity contribution in [2.45, 2.75) is 94.3 Å². The molecular weight excluding hydrogens is 515 g/mol. The van der Waals surface area contributed by atoms with Crippen LogP contribution in [0.2, 0.25) is 0 Å². The predicted octanol–water partition coefficient (Wildman–Crippen LogP) is 2.77. The van der Waals surface area contributed by atoms with Crippen LogP contribution in [-0.4, -0.2) is 95.7 Å². The maximum Gasteiger partial charge on any atom is 0.434 e. The molecule has 2 aliphatic heterocycles. The number of rotatable bonds is 11. The van der Waals surface area contributed by atoms with Crippen molar-refractivity contribution in [2.75, 3.05) is 44.9 Å². The van der Waals surface area contributed by atoms with Gasteiger partial charge in [0.2, 0.25) is 5.91 Å². The zero-order valence-electron chi connectivity index (χ0n) is 22.8. The number of methoxy groups -OCH3 is 1. The van der Waals surface area contributed by atoms with E-state index in [1.54, 1.807) is 7.11 Å². The third-order valence-corrected chi connectivity index (χ3v) is 9.36. The standard InChI is InChI=1S/C27H40F3N5O4/c1-18(38-2)17-39-10-4-9-32-19-5-8-25(12-19,26(37)6-3-7-26)24(36)35-16-20-11-21(35)15-34(20)23-14-31-13-22(33-23)27(28,29)30/h13-14,18-21,32,37H,3-12,15-17H2,1-2H3/t18-,19+,20+,21-,25+/m0/s1. The second kappa shape index (κ2) is 11.1. The van der Waals surface area contributed by atoms with E-state index in [0.717, 1.165) is 32.0 Å². The molecule has 2 saturated carbocycles. The Balaban J connectivity index is 1.20. The van der Waals surface area contributed by atoms with Crippen LogP contribution in [0, 0.1) is 5.41 Å². The Kier molecular flexibility index (Phi) is 8.11. The van der Waals surface area contributed by atoms with Crippen molar-refractivity contribution in [3.05, 3.63) is 18.1 Å². The lowest BCUT2D eigenvalue weighted by atomic mass is 9.59. The average Bonchev–Trinajstić information content (AvgIpc) is 3.63. The molecule has 2 aliphatic carbocycles. The Morgan fingerprint density at radius 2 is 2.05 bits per heavy atom. The molecule has 0 radical (unpaired) electrons. The van der Waals surface area contributed by atoms with Crippen LogP contribution in [0.4, 0.5) is 19.0 Å². The Morgan fingerprint density at radius 3 is 2.69 bits per heavy atom. The fourth-order valence-corrected chi connectivity index (χ4v) is 6.93. The number of fused-ring (bicyclic) bond motifs is 2. The van der Waals surface area contributed by atoms with Gasteiger partial charge in [0.15, 0.2) is 5.69 Å². The van der Waals surface area contributed by atoms with E-state index in [4.69, 9.17) is 9.47 Å². The topological polar surface area (TPSA) is 100 Å². The molecule has 2 bridgehead atoms. The minimum atomic E-state index is -4.56. The highest BCUT2D eigenvalue weighted by Crippen LogP contribution is 2.56. The molecule has 3 heterocycles. The summed E-state index contributed by atoms with van der Waals surface area (Å²) >= 11 is 0. The fraction of sp³-hybridized carbons (Fsp3) is 0.815. The van der Waals surface area contributed by atoms with Crippen LogP contribution in [-0.2, 0) is 20.4 Å². The number of amides is 1. The average molecular weight is 556 g/mol. The molecule has 1 aromatic rings.